The van der Waals surface area contributed by atoms with Crippen molar-refractivity contribution in [1.29, 1.82) is 0 Å². The van der Waals surface area contributed by atoms with Crippen LogP contribution in [0.4, 0.5) is 10.2 Å². The van der Waals surface area contributed by atoms with Crippen LogP contribution in [0.1, 0.15) is 45.1 Å². The van der Waals surface area contributed by atoms with E-state index < -0.39 is 0 Å². The van der Waals surface area contributed by atoms with Gasteiger partial charge in [0.05, 0.1) is 0 Å². The highest BCUT2D eigenvalue weighted by atomic mass is 19.1. The summed E-state index contributed by atoms with van der Waals surface area (Å²) in [5.41, 5.74) is 6.90. The molecule has 2 N–H and O–H groups in total. The summed E-state index contributed by atoms with van der Waals surface area (Å²) in [7, 11) is 0. The molecule has 2 heterocycles. The molecule has 1 aliphatic heterocycles. The first-order valence-corrected chi connectivity index (χ1v) is 6.58. The fraction of sp³-hybridized carbons (Fsp3) is 0.643. The number of anilines is 1. The second-order valence-corrected chi connectivity index (χ2v) is 5.87. The maximum absolute atomic E-state index is 14.1. The predicted molar refractivity (Wildman–Crippen MR) is 72.3 cm³/mol. The molecule has 0 aliphatic carbocycles. The normalized spacial score (nSPS) is 19.3. The van der Waals surface area contributed by atoms with Crippen molar-refractivity contribution in [3.05, 3.63) is 23.6 Å². The molecule has 0 radical (unpaired) electrons. The van der Waals surface area contributed by atoms with E-state index >= 15 is 0 Å². The van der Waals surface area contributed by atoms with Crippen molar-refractivity contribution in [2.45, 2.75) is 45.1 Å². The number of nitrogens with zero attached hydrogens (tertiary/aromatic N) is 2. The van der Waals surface area contributed by atoms with E-state index in [1.54, 1.807) is 12.3 Å². The Labute approximate surface area is 108 Å². The van der Waals surface area contributed by atoms with Crippen LogP contribution in [-0.4, -0.2) is 23.6 Å². The van der Waals surface area contributed by atoms with Gasteiger partial charge in [-0.1, -0.05) is 13.8 Å². The second kappa shape index (κ2) is 4.84. The Bertz CT molecular complexity index is 419. The first kappa shape index (κ1) is 13.3. The Balaban J connectivity index is 2.15. The molecule has 0 aromatic carbocycles. The quantitative estimate of drug-likeness (QED) is 0.878. The molecule has 1 saturated heterocycles. The number of halogens is 1. The average molecular weight is 251 g/mol. The van der Waals surface area contributed by atoms with Gasteiger partial charge in [-0.05, 0) is 37.3 Å². The first-order valence-electron chi connectivity index (χ1n) is 6.58. The van der Waals surface area contributed by atoms with Crippen LogP contribution in [0.25, 0.3) is 0 Å². The molecule has 18 heavy (non-hydrogen) atoms. The number of pyridine rings is 1. The molecule has 4 heteroatoms. The standard InChI is InChI=1S/C14H22FN3/c1-10(2)11-8-12(15)13(17-9-11)18-6-4-14(3,16)5-7-18/h8-10H,4-7,16H2,1-3H3. The van der Waals surface area contributed by atoms with Crippen molar-refractivity contribution in [1.82, 2.24) is 4.98 Å². The molecule has 1 aromatic rings. The van der Waals surface area contributed by atoms with Crippen LogP contribution in [0.15, 0.2) is 12.3 Å². The minimum Gasteiger partial charge on any atom is -0.354 e. The Morgan fingerprint density at radius 3 is 2.50 bits per heavy atom. The third-order valence-electron chi connectivity index (χ3n) is 3.71. The summed E-state index contributed by atoms with van der Waals surface area (Å²) < 4.78 is 14.1. The molecule has 1 fully saturated rings. The van der Waals surface area contributed by atoms with Gasteiger partial charge in [-0.25, -0.2) is 9.37 Å². The van der Waals surface area contributed by atoms with E-state index in [0.29, 0.717) is 11.7 Å². The zero-order chi connectivity index (χ0) is 13.3. The Morgan fingerprint density at radius 1 is 1.39 bits per heavy atom. The van der Waals surface area contributed by atoms with Crippen molar-refractivity contribution in [2.75, 3.05) is 18.0 Å². The first-order chi connectivity index (χ1) is 8.39. The van der Waals surface area contributed by atoms with Gasteiger partial charge in [-0.15, -0.1) is 0 Å². The van der Waals surface area contributed by atoms with Crippen LogP contribution in [0.2, 0.25) is 0 Å². The van der Waals surface area contributed by atoms with Gasteiger partial charge in [0.25, 0.3) is 0 Å². The van der Waals surface area contributed by atoms with Crippen LogP contribution in [-0.2, 0) is 0 Å². The molecule has 0 spiro atoms. The summed E-state index contributed by atoms with van der Waals surface area (Å²) in [6, 6.07) is 1.60. The van der Waals surface area contributed by atoms with Crippen molar-refractivity contribution in [2.24, 2.45) is 5.73 Å². The SMILES string of the molecule is CC(C)c1cnc(N2CCC(C)(N)CC2)c(F)c1. The summed E-state index contributed by atoms with van der Waals surface area (Å²) in [6.07, 6.45) is 3.53. The highest BCUT2D eigenvalue weighted by molar-refractivity contribution is 5.42. The summed E-state index contributed by atoms with van der Waals surface area (Å²) >= 11 is 0. The van der Waals surface area contributed by atoms with Crippen LogP contribution >= 0.6 is 0 Å². The van der Waals surface area contributed by atoms with E-state index in [9.17, 15) is 4.39 Å². The lowest BCUT2D eigenvalue weighted by molar-refractivity contribution is 0.361. The highest BCUT2D eigenvalue weighted by Gasteiger charge is 2.27. The summed E-state index contributed by atoms with van der Waals surface area (Å²) in [4.78, 5) is 6.28. The number of nitrogens with two attached hydrogens (primary N) is 1. The van der Waals surface area contributed by atoms with Crippen LogP contribution in [0.3, 0.4) is 0 Å². The molecule has 0 bridgehead atoms. The molecule has 2 rings (SSSR count). The molecule has 0 atom stereocenters. The third-order valence-corrected chi connectivity index (χ3v) is 3.71. The fourth-order valence-corrected chi connectivity index (χ4v) is 2.22. The van der Waals surface area contributed by atoms with Crippen LogP contribution < -0.4 is 10.6 Å². The smallest absolute Gasteiger partial charge is 0.165 e. The number of hydrogen-bond acceptors (Lipinski definition) is 3. The van der Waals surface area contributed by atoms with E-state index in [1.807, 2.05) is 18.7 Å². The highest BCUT2D eigenvalue weighted by Crippen LogP contribution is 2.26. The lowest BCUT2D eigenvalue weighted by Crippen LogP contribution is -2.48. The number of rotatable bonds is 2. The molecule has 0 amide bonds. The Hall–Kier alpha value is -1.16. The summed E-state index contributed by atoms with van der Waals surface area (Å²) in [6.45, 7) is 7.68. The van der Waals surface area contributed by atoms with E-state index in [2.05, 4.69) is 11.9 Å². The molecule has 1 aromatic heterocycles. The lowest BCUT2D eigenvalue weighted by Gasteiger charge is -2.37. The van der Waals surface area contributed by atoms with Gasteiger partial charge < -0.3 is 10.6 Å². The zero-order valence-corrected chi connectivity index (χ0v) is 11.4. The van der Waals surface area contributed by atoms with Crippen molar-refractivity contribution in [3.63, 3.8) is 0 Å². The summed E-state index contributed by atoms with van der Waals surface area (Å²) in [5.74, 6) is 0.548. The lowest BCUT2D eigenvalue weighted by atomic mass is 9.91. The predicted octanol–water partition coefficient (Wildman–Crippen LogP) is 2.66. The molecular formula is C14H22FN3. The van der Waals surface area contributed by atoms with Gasteiger partial charge in [-0.3, -0.25) is 0 Å². The molecule has 100 valence electrons. The van der Waals surface area contributed by atoms with Crippen molar-refractivity contribution < 1.29 is 4.39 Å². The van der Waals surface area contributed by atoms with Gasteiger partial charge in [0.15, 0.2) is 11.6 Å². The maximum atomic E-state index is 14.1. The maximum Gasteiger partial charge on any atom is 0.165 e. The van der Waals surface area contributed by atoms with E-state index in [4.69, 9.17) is 5.73 Å². The second-order valence-electron chi connectivity index (χ2n) is 5.87. The zero-order valence-electron chi connectivity index (χ0n) is 11.4. The Morgan fingerprint density at radius 2 is 2.00 bits per heavy atom. The number of piperidine rings is 1. The molecule has 0 unspecified atom stereocenters. The van der Waals surface area contributed by atoms with Gasteiger partial charge in [0, 0.05) is 24.8 Å². The molecule has 3 nitrogen and oxygen atoms in total. The van der Waals surface area contributed by atoms with E-state index in [0.717, 1.165) is 31.5 Å². The number of aromatic nitrogens is 1. The minimum atomic E-state index is -0.221. The molecule has 1 aliphatic rings. The molecule has 0 saturated carbocycles. The largest absolute Gasteiger partial charge is 0.354 e. The van der Waals surface area contributed by atoms with E-state index in [1.165, 1.54) is 0 Å². The van der Waals surface area contributed by atoms with E-state index in [-0.39, 0.29) is 11.4 Å². The van der Waals surface area contributed by atoms with Gasteiger partial charge in [0.1, 0.15) is 0 Å². The fourth-order valence-electron chi connectivity index (χ4n) is 2.22. The monoisotopic (exact) mass is 251 g/mol. The third kappa shape index (κ3) is 2.80. The van der Waals surface area contributed by atoms with Crippen molar-refractivity contribution in [3.8, 4) is 0 Å². The Kier molecular flexibility index (Phi) is 3.57. The van der Waals surface area contributed by atoms with Gasteiger partial charge in [-0.2, -0.15) is 0 Å². The number of hydrogen-bond donors (Lipinski definition) is 1. The van der Waals surface area contributed by atoms with Crippen LogP contribution in [0.5, 0.6) is 0 Å². The van der Waals surface area contributed by atoms with Gasteiger partial charge in [0.2, 0.25) is 0 Å². The average Bonchev–Trinajstić information content (AvgIpc) is 2.29. The summed E-state index contributed by atoms with van der Waals surface area (Å²) in [5, 5.41) is 0. The molecular weight excluding hydrogens is 229 g/mol. The van der Waals surface area contributed by atoms with Crippen LogP contribution in [0, 0.1) is 5.82 Å². The van der Waals surface area contributed by atoms with Gasteiger partial charge >= 0.3 is 0 Å². The topological polar surface area (TPSA) is 42.2 Å². The van der Waals surface area contributed by atoms with Crippen molar-refractivity contribution >= 4 is 5.82 Å². The minimum absolute atomic E-state index is 0.120.